The number of para-hydroxylation sites is 1. The lowest BCUT2D eigenvalue weighted by molar-refractivity contribution is 0.0487. The van der Waals surface area contributed by atoms with Crippen molar-refractivity contribution in [3.63, 3.8) is 0 Å². The largest absolute Gasteiger partial charge is 0.492 e. The molecule has 152 valence electrons. The molecular formula is C23H25ClN2O3. The summed E-state index contributed by atoms with van der Waals surface area (Å²) in [7, 11) is 1.90. The van der Waals surface area contributed by atoms with Crippen LogP contribution in [0.1, 0.15) is 23.3 Å². The van der Waals surface area contributed by atoms with E-state index in [0.717, 1.165) is 36.1 Å². The third-order valence-electron chi connectivity index (χ3n) is 5.36. The molecule has 0 spiro atoms. The van der Waals surface area contributed by atoms with Crippen molar-refractivity contribution in [2.45, 2.75) is 18.9 Å². The van der Waals surface area contributed by atoms with Gasteiger partial charge in [0.15, 0.2) is 0 Å². The summed E-state index contributed by atoms with van der Waals surface area (Å²) in [4.78, 5) is 15.3. The maximum atomic E-state index is 13.4. The molecular weight excluding hydrogens is 388 g/mol. The molecule has 6 heteroatoms. The number of aryl methyl sites for hydroxylation is 1. The van der Waals surface area contributed by atoms with E-state index >= 15 is 0 Å². The summed E-state index contributed by atoms with van der Waals surface area (Å²) in [5, 5.41) is 1.54. The molecule has 29 heavy (non-hydrogen) atoms. The average molecular weight is 413 g/mol. The molecule has 4 rings (SSSR count). The molecule has 1 amide bonds. The minimum atomic E-state index is -0.0353. The van der Waals surface area contributed by atoms with E-state index in [1.807, 2.05) is 71.1 Å². The van der Waals surface area contributed by atoms with Gasteiger partial charge in [-0.1, -0.05) is 35.9 Å². The highest BCUT2D eigenvalue weighted by Crippen LogP contribution is 2.27. The van der Waals surface area contributed by atoms with Crippen molar-refractivity contribution in [3.05, 3.63) is 65.3 Å². The second-order valence-electron chi connectivity index (χ2n) is 7.31. The summed E-state index contributed by atoms with van der Waals surface area (Å²) < 4.78 is 13.5. The first-order valence-electron chi connectivity index (χ1n) is 9.96. The molecule has 3 aromatic rings. The highest BCUT2D eigenvalue weighted by atomic mass is 35.5. The molecule has 0 bridgehead atoms. The number of hydrogen-bond donors (Lipinski definition) is 0. The number of hydrogen-bond acceptors (Lipinski definition) is 3. The van der Waals surface area contributed by atoms with Gasteiger partial charge in [-0.15, -0.1) is 0 Å². The van der Waals surface area contributed by atoms with Crippen molar-refractivity contribution in [1.29, 1.82) is 0 Å². The third-order valence-corrected chi connectivity index (χ3v) is 5.69. The topological polar surface area (TPSA) is 43.7 Å². The van der Waals surface area contributed by atoms with Crippen LogP contribution in [0.25, 0.3) is 10.9 Å². The van der Waals surface area contributed by atoms with E-state index in [4.69, 9.17) is 21.1 Å². The SMILES string of the molecule is Cn1c(C(=O)N(CCOc2ccccc2)CC2CCCO2)cc2c(Cl)cccc21. The first-order chi connectivity index (χ1) is 14.1. The number of fused-ring (bicyclic) bond motifs is 1. The fourth-order valence-electron chi connectivity index (χ4n) is 3.79. The molecule has 1 atom stereocenters. The van der Waals surface area contributed by atoms with Crippen LogP contribution in [0.5, 0.6) is 5.75 Å². The highest BCUT2D eigenvalue weighted by Gasteiger charge is 2.25. The predicted molar refractivity (Wildman–Crippen MR) is 115 cm³/mol. The Kier molecular flexibility index (Phi) is 6.07. The molecule has 2 aromatic carbocycles. The van der Waals surface area contributed by atoms with E-state index in [0.29, 0.717) is 30.4 Å². The Hall–Kier alpha value is -2.50. The molecule has 5 nitrogen and oxygen atoms in total. The Labute approximate surface area is 175 Å². The zero-order valence-electron chi connectivity index (χ0n) is 16.5. The second-order valence-corrected chi connectivity index (χ2v) is 7.72. The van der Waals surface area contributed by atoms with Gasteiger partial charge in [-0.25, -0.2) is 0 Å². The summed E-state index contributed by atoms with van der Waals surface area (Å²) in [6.45, 7) is 2.24. The van der Waals surface area contributed by atoms with Gasteiger partial charge in [-0.2, -0.15) is 0 Å². The van der Waals surface area contributed by atoms with Gasteiger partial charge in [0.1, 0.15) is 18.1 Å². The molecule has 1 aromatic heterocycles. The maximum Gasteiger partial charge on any atom is 0.270 e. The monoisotopic (exact) mass is 412 g/mol. The Balaban J connectivity index is 1.53. The van der Waals surface area contributed by atoms with Gasteiger partial charge in [-0.3, -0.25) is 4.79 Å². The minimum Gasteiger partial charge on any atom is -0.492 e. The Morgan fingerprint density at radius 1 is 1.24 bits per heavy atom. The van der Waals surface area contributed by atoms with Crippen LogP contribution in [0.4, 0.5) is 0 Å². The van der Waals surface area contributed by atoms with Crippen LogP contribution in [0.15, 0.2) is 54.6 Å². The van der Waals surface area contributed by atoms with Gasteiger partial charge >= 0.3 is 0 Å². The van der Waals surface area contributed by atoms with Crippen LogP contribution in [-0.4, -0.2) is 47.8 Å². The number of amides is 1. The standard InChI is InChI=1S/C23H25ClN2O3/c1-25-21-11-5-10-20(24)19(21)15-22(25)23(27)26(16-18-9-6-13-28-18)12-14-29-17-7-3-2-4-8-17/h2-5,7-8,10-11,15,18H,6,9,12-14,16H2,1H3. The number of nitrogens with zero attached hydrogens (tertiary/aromatic N) is 2. The van der Waals surface area contributed by atoms with Gasteiger partial charge in [0.2, 0.25) is 0 Å². The normalized spacial score (nSPS) is 16.3. The van der Waals surface area contributed by atoms with E-state index in [9.17, 15) is 4.79 Å². The van der Waals surface area contributed by atoms with Gasteiger partial charge in [0.25, 0.3) is 5.91 Å². The molecule has 1 saturated heterocycles. The minimum absolute atomic E-state index is 0.0353. The van der Waals surface area contributed by atoms with Crippen molar-refractivity contribution >= 4 is 28.4 Å². The van der Waals surface area contributed by atoms with Gasteiger partial charge in [0, 0.05) is 36.1 Å². The smallest absolute Gasteiger partial charge is 0.270 e. The summed E-state index contributed by atoms with van der Waals surface area (Å²) in [5.74, 6) is 0.764. The van der Waals surface area contributed by atoms with Crippen LogP contribution >= 0.6 is 11.6 Å². The van der Waals surface area contributed by atoms with E-state index in [1.165, 1.54) is 0 Å². The first-order valence-corrected chi connectivity index (χ1v) is 10.3. The average Bonchev–Trinajstić information content (AvgIpc) is 3.36. The summed E-state index contributed by atoms with van der Waals surface area (Å²) in [6.07, 6.45) is 2.09. The molecule has 0 N–H and O–H groups in total. The van der Waals surface area contributed by atoms with E-state index in [2.05, 4.69) is 0 Å². The van der Waals surface area contributed by atoms with Crippen molar-refractivity contribution in [2.75, 3.05) is 26.3 Å². The molecule has 0 radical (unpaired) electrons. The quantitative estimate of drug-likeness (QED) is 0.572. The van der Waals surface area contributed by atoms with Crippen LogP contribution in [0.2, 0.25) is 5.02 Å². The van der Waals surface area contributed by atoms with Gasteiger partial charge in [-0.05, 0) is 43.2 Å². The van der Waals surface area contributed by atoms with Crippen molar-refractivity contribution in [1.82, 2.24) is 9.47 Å². The Morgan fingerprint density at radius 3 is 2.79 bits per heavy atom. The fourth-order valence-corrected chi connectivity index (χ4v) is 4.02. The lowest BCUT2D eigenvalue weighted by Crippen LogP contribution is -2.40. The summed E-state index contributed by atoms with van der Waals surface area (Å²) in [5.41, 5.74) is 1.56. The fraction of sp³-hybridized carbons (Fsp3) is 0.348. The molecule has 0 saturated carbocycles. The number of rotatable bonds is 7. The highest BCUT2D eigenvalue weighted by molar-refractivity contribution is 6.35. The van der Waals surface area contributed by atoms with E-state index in [-0.39, 0.29) is 12.0 Å². The number of carbonyl (C=O) groups is 1. The zero-order valence-corrected chi connectivity index (χ0v) is 17.3. The number of halogens is 1. The third kappa shape index (κ3) is 4.41. The number of ether oxygens (including phenoxy) is 2. The Bertz CT molecular complexity index is 980. The zero-order chi connectivity index (χ0) is 20.2. The first kappa shape index (κ1) is 19.8. The van der Waals surface area contributed by atoms with Gasteiger partial charge < -0.3 is 18.9 Å². The van der Waals surface area contributed by atoms with Crippen LogP contribution in [-0.2, 0) is 11.8 Å². The molecule has 1 fully saturated rings. The van der Waals surface area contributed by atoms with Crippen molar-refractivity contribution < 1.29 is 14.3 Å². The summed E-state index contributed by atoms with van der Waals surface area (Å²) >= 11 is 6.34. The van der Waals surface area contributed by atoms with Crippen LogP contribution in [0.3, 0.4) is 0 Å². The van der Waals surface area contributed by atoms with Crippen LogP contribution in [0, 0.1) is 0 Å². The number of aromatic nitrogens is 1. The van der Waals surface area contributed by atoms with E-state index in [1.54, 1.807) is 0 Å². The van der Waals surface area contributed by atoms with E-state index < -0.39 is 0 Å². The maximum absolute atomic E-state index is 13.4. The Morgan fingerprint density at radius 2 is 2.07 bits per heavy atom. The lowest BCUT2D eigenvalue weighted by Gasteiger charge is -2.25. The molecule has 0 aliphatic carbocycles. The summed E-state index contributed by atoms with van der Waals surface area (Å²) in [6, 6.07) is 17.2. The number of carbonyl (C=O) groups excluding carboxylic acids is 1. The van der Waals surface area contributed by atoms with Gasteiger partial charge in [0.05, 0.1) is 12.6 Å². The lowest BCUT2D eigenvalue weighted by atomic mass is 10.2. The molecule has 1 aliphatic rings. The van der Waals surface area contributed by atoms with Crippen molar-refractivity contribution in [3.8, 4) is 5.75 Å². The van der Waals surface area contributed by atoms with Crippen LogP contribution < -0.4 is 4.74 Å². The number of benzene rings is 2. The molecule has 1 aliphatic heterocycles. The second kappa shape index (κ2) is 8.89. The van der Waals surface area contributed by atoms with Crippen molar-refractivity contribution in [2.24, 2.45) is 7.05 Å². The molecule has 2 heterocycles. The molecule has 1 unspecified atom stereocenters. The predicted octanol–water partition coefficient (Wildman–Crippen LogP) is 4.53.